The molecule has 0 radical (unpaired) electrons. The molecular weight excluding hydrogens is 518 g/mol. The number of hydrogen-bond donors (Lipinski definition) is 3. The summed E-state index contributed by atoms with van der Waals surface area (Å²) in [6, 6.07) is 19.8. The second-order valence-corrected chi connectivity index (χ2v) is 11.2. The first-order valence-electron chi connectivity index (χ1n) is 13.8. The molecule has 0 aromatic heterocycles. The van der Waals surface area contributed by atoms with Crippen molar-refractivity contribution in [3.8, 4) is 5.75 Å². The fourth-order valence-corrected chi connectivity index (χ4v) is 4.65. The van der Waals surface area contributed by atoms with Crippen LogP contribution in [0.4, 0.5) is 4.79 Å². The first kappa shape index (κ1) is 31.2. The zero-order chi connectivity index (χ0) is 30.2. The van der Waals surface area contributed by atoms with E-state index in [0.29, 0.717) is 12.1 Å². The molecule has 0 aliphatic rings. The summed E-state index contributed by atoms with van der Waals surface area (Å²) >= 11 is 0. The molecule has 0 aliphatic carbocycles. The highest BCUT2D eigenvalue weighted by molar-refractivity contribution is 5.92. The minimum atomic E-state index is -1.02. The average Bonchev–Trinajstić information content (AvgIpc) is 2.91. The van der Waals surface area contributed by atoms with Crippen LogP contribution in [0.2, 0.25) is 0 Å². The summed E-state index contributed by atoms with van der Waals surface area (Å²) in [5.74, 6) is -0.653. The molecule has 0 heterocycles. The smallest absolute Gasteiger partial charge is 0.408 e. The number of ether oxygens (including phenoxy) is 1. The molecule has 218 valence electrons. The summed E-state index contributed by atoms with van der Waals surface area (Å²) in [5.41, 5.74) is 3.53. The Morgan fingerprint density at radius 3 is 2.17 bits per heavy atom. The lowest BCUT2D eigenvalue weighted by atomic mass is 9.95. The maximum absolute atomic E-state index is 14.2. The Morgan fingerprint density at radius 1 is 0.927 bits per heavy atom. The van der Waals surface area contributed by atoms with E-state index in [0.717, 1.165) is 22.3 Å². The third-order valence-corrected chi connectivity index (χ3v) is 6.58. The van der Waals surface area contributed by atoms with Crippen LogP contribution in [0.15, 0.2) is 72.8 Å². The molecule has 2 unspecified atom stereocenters. The van der Waals surface area contributed by atoms with Crippen molar-refractivity contribution in [3.05, 3.63) is 101 Å². The highest BCUT2D eigenvalue weighted by Gasteiger charge is 2.36. The fourth-order valence-electron chi connectivity index (χ4n) is 4.65. The van der Waals surface area contributed by atoms with Gasteiger partial charge in [-0.15, -0.1) is 0 Å². The molecular formula is C33H41N3O5. The van der Waals surface area contributed by atoms with Gasteiger partial charge in [-0.05, 0) is 75.9 Å². The van der Waals surface area contributed by atoms with Gasteiger partial charge in [0, 0.05) is 19.5 Å². The number of benzene rings is 3. The summed E-state index contributed by atoms with van der Waals surface area (Å²) in [5, 5.41) is 15.5. The second kappa shape index (κ2) is 13.8. The molecule has 3 amide bonds. The van der Waals surface area contributed by atoms with E-state index in [9.17, 15) is 19.5 Å². The fraction of sp³-hybridized carbons (Fsp3) is 0.364. The number of nitrogens with zero attached hydrogens (tertiary/aromatic N) is 1. The predicted molar refractivity (Wildman–Crippen MR) is 159 cm³/mol. The van der Waals surface area contributed by atoms with Crippen LogP contribution in [0.1, 0.15) is 61.6 Å². The first-order chi connectivity index (χ1) is 19.4. The molecule has 8 heteroatoms. The van der Waals surface area contributed by atoms with Gasteiger partial charge < -0.3 is 25.4 Å². The summed E-state index contributed by atoms with van der Waals surface area (Å²) in [6.07, 6.45) is -0.595. The number of rotatable bonds is 10. The number of aromatic hydroxyl groups is 1. The maximum Gasteiger partial charge on any atom is 0.408 e. The summed E-state index contributed by atoms with van der Waals surface area (Å²) in [6.45, 7) is 11.5. The number of hydrogen-bond acceptors (Lipinski definition) is 5. The number of likely N-dealkylation sites (N-methyl/N-ethyl adjacent to an activating group) is 1. The molecule has 0 spiro atoms. The molecule has 0 aliphatic heterocycles. The van der Waals surface area contributed by atoms with E-state index < -0.39 is 29.7 Å². The van der Waals surface area contributed by atoms with Crippen LogP contribution in [-0.2, 0) is 27.3 Å². The van der Waals surface area contributed by atoms with Crippen molar-refractivity contribution in [1.82, 2.24) is 15.5 Å². The van der Waals surface area contributed by atoms with Crippen LogP contribution in [-0.4, -0.2) is 46.1 Å². The van der Waals surface area contributed by atoms with E-state index in [-0.39, 0.29) is 24.6 Å². The maximum atomic E-state index is 14.2. The van der Waals surface area contributed by atoms with Gasteiger partial charge in [0.15, 0.2) is 0 Å². The number of phenolic OH excluding ortho intramolecular Hbond substituents is 1. The molecule has 0 saturated heterocycles. The topological polar surface area (TPSA) is 108 Å². The average molecular weight is 560 g/mol. The molecule has 8 nitrogen and oxygen atoms in total. The van der Waals surface area contributed by atoms with Gasteiger partial charge in [-0.2, -0.15) is 0 Å². The Labute approximate surface area is 242 Å². The van der Waals surface area contributed by atoms with Crippen LogP contribution < -0.4 is 10.6 Å². The molecule has 0 fully saturated rings. The van der Waals surface area contributed by atoms with E-state index in [2.05, 4.69) is 10.6 Å². The van der Waals surface area contributed by atoms with Crippen molar-refractivity contribution in [3.63, 3.8) is 0 Å². The molecule has 41 heavy (non-hydrogen) atoms. The quantitative estimate of drug-likeness (QED) is 0.310. The third-order valence-electron chi connectivity index (χ3n) is 6.58. The zero-order valence-corrected chi connectivity index (χ0v) is 24.7. The number of phenols is 1. The van der Waals surface area contributed by atoms with Crippen LogP contribution >= 0.6 is 0 Å². The van der Waals surface area contributed by atoms with Gasteiger partial charge >= 0.3 is 6.09 Å². The van der Waals surface area contributed by atoms with Crippen molar-refractivity contribution >= 4 is 17.9 Å². The van der Waals surface area contributed by atoms with E-state index in [4.69, 9.17) is 4.74 Å². The van der Waals surface area contributed by atoms with Crippen molar-refractivity contribution in [2.75, 3.05) is 6.54 Å². The second-order valence-electron chi connectivity index (χ2n) is 11.2. The van der Waals surface area contributed by atoms with Gasteiger partial charge in [0.1, 0.15) is 23.4 Å². The van der Waals surface area contributed by atoms with Gasteiger partial charge in [0.2, 0.25) is 11.8 Å². The predicted octanol–water partition coefficient (Wildman–Crippen LogP) is 5.35. The monoisotopic (exact) mass is 559 g/mol. The summed E-state index contributed by atoms with van der Waals surface area (Å²) in [4.78, 5) is 42.4. The van der Waals surface area contributed by atoms with Gasteiger partial charge in [0.05, 0.1) is 0 Å². The minimum Gasteiger partial charge on any atom is -0.508 e. The molecule has 2 atom stereocenters. The van der Waals surface area contributed by atoms with Gasteiger partial charge in [-0.25, -0.2) is 4.79 Å². The summed E-state index contributed by atoms with van der Waals surface area (Å²) in [7, 11) is 0. The summed E-state index contributed by atoms with van der Waals surface area (Å²) < 4.78 is 5.46. The Morgan fingerprint density at radius 2 is 1.59 bits per heavy atom. The number of amides is 3. The lowest BCUT2D eigenvalue weighted by molar-refractivity contribution is -0.142. The Bertz CT molecular complexity index is 1330. The van der Waals surface area contributed by atoms with Gasteiger partial charge in [0.25, 0.3) is 0 Å². The van der Waals surface area contributed by atoms with Crippen molar-refractivity contribution < 1.29 is 24.2 Å². The zero-order valence-electron chi connectivity index (χ0n) is 24.7. The molecule has 0 saturated carbocycles. The Balaban J connectivity index is 1.99. The van der Waals surface area contributed by atoms with Crippen LogP contribution in [0.3, 0.4) is 0 Å². The van der Waals surface area contributed by atoms with Crippen LogP contribution in [0, 0.1) is 13.8 Å². The molecule has 3 rings (SSSR count). The van der Waals surface area contributed by atoms with E-state index in [1.165, 1.54) is 17.0 Å². The van der Waals surface area contributed by atoms with E-state index >= 15 is 0 Å². The Hall–Kier alpha value is -4.33. The largest absolute Gasteiger partial charge is 0.508 e. The standard InChI is InChI=1S/C33H41N3O5/c1-7-36(31(39)28(35-32(40)41-33(4,5)6)20-24-14-16-26(37)17-15-24)29(27-18-13-22(2)19-23(27)3)30(38)34-21-25-11-9-8-10-12-25/h8-19,28-29,37H,7,20-21H2,1-6H3,(H,34,38)(H,35,40). The van der Waals surface area contributed by atoms with Crippen molar-refractivity contribution in [2.45, 2.75) is 72.2 Å². The van der Waals surface area contributed by atoms with E-state index in [1.807, 2.05) is 69.3 Å². The number of carbonyl (C=O) groups excluding carboxylic acids is 3. The number of aryl methyl sites for hydroxylation is 2. The molecule has 3 N–H and O–H groups in total. The lowest BCUT2D eigenvalue weighted by Crippen LogP contribution is -2.53. The molecule has 0 bridgehead atoms. The van der Waals surface area contributed by atoms with Crippen molar-refractivity contribution in [1.29, 1.82) is 0 Å². The van der Waals surface area contributed by atoms with E-state index in [1.54, 1.807) is 32.9 Å². The van der Waals surface area contributed by atoms with Crippen LogP contribution in [0.25, 0.3) is 0 Å². The highest BCUT2D eigenvalue weighted by Crippen LogP contribution is 2.27. The normalized spacial score (nSPS) is 12.6. The molecule has 3 aromatic rings. The third kappa shape index (κ3) is 9.10. The molecule has 3 aromatic carbocycles. The minimum absolute atomic E-state index is 0.0944. The highest BCUT2D eigenvalue weighted by atomic mass is 16.6. The van der Waals surface area contributed by atoms with Crippen LogP contribution in [0.5, 0.6) is 5.75 Å². The lowest BCUT2D eigenvalue weighted by Gasteiger charge is -2.34. The van der Waals surface area contributed by atoms with Gasteiger partial charge in [-0.1, -0.05) is 66.2 Å². The van der Waals surface area contributed by atoms with Gasteiger partial charge in [-0.3, -0.25) is 9.59 Å². The number of nitrogens with one attached hydrogen (secondary N) is 2. The SMILES string of the molecule is CCN(C(=O)C(Cc1ccc(O)cc1)NC(=O)OC(C)(C)C)C(C(=O)NCc1ccccc1)c1ccc(C)cc1C. The Kier molecular flexibility index (Phi) is 10.5. The first-order valence-corrected chi connectivity index (χ1v) is 13.8. The number of carbonyl (C=O) groups is 3. The van der Waals surface area contributed by atoms with Crippen molar-refractivity contribution in [2.24, 2.45) is 0 Å². The number of alkyl carbamates (subject to hydrolysis) is 1.